The molecule has 0 radical (unpaired) electrons. The lowest BCUT2D eigenvalue weighted by Gasteiger charge is -2.33. The number of aryl methyl sites for hydroxylation is 1. The summed E-state index contributed by atoms with van der Waals surface area (Å²) in [4.78, 5) is 19.5. The number of aromatic nitrogens is 1. The Morgan fingerprint density at radius 1 is 1.05 bits per heavy atom. The van der Waals surface area contributed by atoms with Crippen LogP contribution in [0, 0.1) is 6.92 Å². The minimum atomic E-state index is -4.36. The molecule has 0 saturated heterocycles. The van der Waals surface area contributed by atoms with Gasteiger partial charge >= 0.3 is 0 Å². The zero-order valence-electron chi connectivity index (χ0n) is 22.4. The molecule has 1 N–H and O–H groups in total. The third kappa shape index (κ3) is 6.31. The first-order valence-corrected chi connectivity index (χ1v) is 13.8. The van der Waals surface area contributed by atoms with Crippen LogP contribution in [0.1, 0.15) is 18.1 Å². The van der Waals surface area contributed by atoms with Crippen LogP contribution in [0.25, 0.3) is 0 Å². The van der Waals surface area contributed by atoms with Crippen LogP contribution in [0.5, 0.6) is 11.5 Å². The van der Waals surface area contributed by atoms with E-state index in [0.29, 0.717) is 23.5 Å². The number of pyridine rings is 1. The summed E-state index contributed by atoms with van der Waals surface area (Å²) in [5.41, 5.74) is 2.47. The number of nitrogens with zero attached hydrogens (tertiary/aromatic N) is 3. The van der Waals surface area contributed by atoms with Crippen LogP contribution in [0.15, 0.2) is 59.8 Å². The Morgan fingerprint density at radius 3 is 2.37 bits per heavy atom. The van der Waals surface area contributed by atoms with E-state index in [-0.39, 0.29) is 27.8 Å². The lowest BCUT2D eigenvalue weighted by atomic mass is 10.0. The van der Waals surface area contributed by atoms with E-state index < -0.39 is 22.0 Å². The largest absolute Gasteiger partial charge is 0.493 e. The molecule has 204 valence electrons. The van der Waals surface area contributed by atoms with Crippen molar-refractivity contribution >= 4 is 38.9 Å². The van der Waals surface area contributed by atoms with Crippen molar-refractivity contribution in [1.29, 1.82) is 0 Å². The van der Waals surface area contributed by atoms with Gasteiger partial charge in [-0.05, 0) is 55.3 Å². The summed E-state index contributed by atoms with van der Waals surface area (Å²) in [5.74, 6) is 0.139. The summed E-state index contributed by atoms with van der Waals surface area (Å²) >= 11 is 6.64. The van der Waals surface area contributed by atoms with Crippen LogP contribution < -0.4 is 24.0 Å². The number of amides is 1. The van der Waals surface area contributed by atoms with Gasteiger partial charge in [0.05, 0.1) is 29.8 Å². The number of likely N-dealkylation sites (N-methyl/N-ethyl adjacent to an activating group) is 1. The molecule has 2 aromatic carbocycles. The Labute approximate surface area is 229 Å². The first kappa shape index (κ1) is 29.1. The van der Waals surface area contributed by atoms with Crippen LogP contribution in [0.4, 0.5) is 11.4 Å². The molecule has 1 heterocycles. The highest BCUT2D eigenvalue weighted by Gasteiger charge is 2.38. The summed E-state index contributed by atoms with van der Waals surface area (Å²) in [6.45, 7) is 3.97. The molecule has 3 rings (SSSR count). The molecule has 11 heteroatoms. The van der Waals surface area contributed by atoms with Crippen molar-refractivity contribution in [3.63, 3.8) is 0 Å². The predicted molar refractivity (Wildman–Crippen MR) is 150 cm³/mol. The van der Waals surface area contributed by atoms with Gasteiger partial charge in [0.1, 0.15) is 6.04 Å². The number of nitrogens with one attached hydrogen (secondary N) is 1. The zero-order valence-corrected chi connectivity index (χ0v) is 23.9. The molecule has 0 saturated carbocycles. The van der Waals surface area contributed by atoms with E-state index in [1.165, 1.54) is 32.4 Å². The van der Waals surface area contributed by atoms with E-state index in [1.54, 1.807) is 37.5 Å². The molecule has 0 aliphatic carbocycles. The van der Waals surface area contributed by atoms with E-state index in [9.17, 15) is 13.2 Å². The number of anilines is 2. The molecule has 1 unspecified atom stereocenters. The number of sulfonamides is 1. The average molecular weight is 561 g/mol. The van der Waals surface area contributed by atoms with Gasteiger partial charge in [-0.3, -0.25) is 14.1 Å². The van der Waals surface area contributed by atoms with Gasteiger partial charge in [-0.2, -0.15) is 0 Å². The Balaban J connectivity index is 2.31. The topological polar surface area (TPSA) is 101 Å². The number of hydrogen-bond acceptors (Lipinski definition) is 7. The average Bonchev–Trinajstić information content (AvgIpc) is 2.88. The maximum absolute atomic E-state index is 14.4. The molecule has 38 heavy (non-hydrogen) atoms. The highest BCUT2D eigenvalue weighted by atomic mass is 35.5. The van der Waals surface area contributed by atoms with Gasteiger partial charge in [-0.15, -0.1) is 0 Å². The normalized spacial score (nSPS) is 12.0. The van der Waals surface area contributed by atoms with Gasteiger partial charge in [-0.1, -0.05) is 17.7 Å². The van der Waals surface area contributed by atoms with Gasteiger partial charge in [0.25, 0.3) is 10.0 Å². The highest BCUT2D eigenvalue weighted by molar-refractivity contribution is 7.93. The maximum Gasteiger partial charge on any atom is 0.265 e. The van der Waals surface area contributed by atoms with E-state index in [4.69, 9.17) is 21.1 Å². The second kappa shape index (κ2) is 12.4. The molecule has 1 aromatic heterocycles. The molecule has 0 aliphatic rings. The predicted octanol–water partition coefficient (Wildman–Crippen LogP) is 4.07. The lowest BCUT2D eigenvalue weighted by molar-refractivity contribution is -0.122. The van der Waals surface area contributed by atoms with Gasteiger partial charge in [0.2, 0.25) is 5.91 Å². The first-order chi connectivity index (χ1) is 18.0. The fourth-order valence-electron chi connectivity index (χ4n) is 4.03. The van der Waals surface area contributed by atoms with Gasteiger partial charge in [0, 0.05) is 51.2 Å². The van der Waals surface area contributed by atoms with Crippen molar-refractivity contribution < 1.29 is 22.7 Å². The number of benzene rings is 2. The maximum atomic E-state index is 14.4. The number of carbonyl (C=O) groups excluding carboxylic acids is 1. The summed E-state index contributed by atoms with van der Waals surface area (Å²) in [6.07, 6.45) is 3.38. The van der Waals surface area contributed by atoms with Gasteiger partial charge in [-0.25, -0.2) is 8.42 Å². The molecule has 9 nitrogen and oxygen atoms in total. The fourth-order valence-corrected chi connectivity index (χ4v) is 5.93. The van der Waals surface area contributed by atoms with Crippen molar-refractivity contribution in [1.82, 2.24) is 10.3 Å². The van der Waals surface area contributed by atoms with Crippen molar-refractivity contribution in [2.45, 2.75) is 31.2 Å². The Hall–Kier alpha value is -3.50. The number of hydrogen-bond donors (Lipinski definition) is 1. The minimum Gasteiger partial charge on any atom is -0.493 e. The number of ether oxygens (including phenoxy) is 2. The van der Waals surface area contributed by atoms with Crippen LogP contribution >= 0.6 is 11.6 Å². The molecular weight excluding hydrogens is 528 g/mol. The van der Waals surface area contributed by atoms with Crippen LogP contribution in [-0.4, -0.2) is 60.2 Å². The third-order valence-corrected chi connectivity index (χ3v) is 8.03. The molecule has 0 bridgehead atoms. The number of rotatable bonds is 11. The zero-order chi connectivity index (χ0) is 28.0. The van der Waals surface area contributed by atoms with E-state index in [2.05, 4.69) is 10.3 Å². The Kier molecular flexibility index (Phi) is 9.45. The van der Waals surface area contributed by atoms with Crippen molar-refractivity contribution in [3.8, 4) is 11.5 Å². The fraction of sp³-hybridized carbons (Fsp3) is 0.333. The summed E-state index contributed by atoms with van der Waals surface area (Å²) in [5, 5.41) is 2.97. The van der Waals surface area contributed by atoms with Gasteiger partial charge in [0.15, 0.2) is 11.5 Å². The second-order valence-electron chi connectivity index (χ2n) is 8.83. The first-order valence-electron chi connectivity index (χ1n) is 11.9. The van der Waals surface area contributed by atoms with E-state index in [1.807, 2.05) is 32.0 Å². The quantitative estimate of drug-likeness (QED) is 0.377. The molecule has 0 fully saturated rings. The lowest BCUT2D eigenvalue weighted by Crippen LogP contribution is -2.51. The van der Waals surface area contributed by atoms with Crippen molar-refractivity contribution in [3.05, 3.63) is 71.0 Å². The van der Waals surface area contributed by atoms with Crippen LogP contribution in [0.2, 0.25) is 5.02 Å². The SMILES string of the molecule is CCNC(=O)C(Cc1cncc(C)c1)N(c1cc(N(C)C)ccc1Cl)S(=O)(=O)c1ccc(OC)c(OC)c1. The summed E-state index contributed by atoms with van der Waals surface area (Å²) < 4.78 is 40.5. The number of methoxy groups -OCH3 is 2. The summed E-state index contributed by atoms with van der Waals surface area (Å²) in [6, 6.07) is 10.0. The molecular formula is C27H33ClN4O5S. The molecule has 1 atom stereocenters. The van der Waals surface area contributed by atoms with Gasteiger partial charge < -0.3 is 19.7 Å². The molecule has 1 amide bonds. The molecule has 0 aliphatic heterocycles. The van der Waals surface area contributed by atoms with E-state index in [0.717, 1.165) is 9.87 Å². The number of halogens is 1. The number of carbonyl (C=O) groups is 1. The standard InChI is InChI=1S/C27H33ClN4O5S/c1-7-30-27(33)24(13-19-12-18(2)16-29-17-19)32(23-14-20(31(3)4)8-10-22(23)28)38(34,35)21-9-11-25(36-5)26(15-21)37-6/h8-12,14-17,24H,7,13H2,1-6H3,(H,30,33). The third-order valence-electron chi connectivity index (χ3n) is 5.89. The Bertz CT molecular complexity index is 1400. The van der Waals surface area contributed by atoms with Crippen LogP contribution in [-0.2, 0) is 21.2 Å². The smallest absolute Gasteiger partial charge is 0.265 e. The van der Waals surface area contributed by atoms with Crippen LogP contribution in [0.3, 0.4) is 0 Å². The van der Waals surface area contributed by atoms with E-state index >= 15 is 0 Å². The molecule has 3 aromatic rings. The van der Waals surface area contributed by atoms with Crippen molar-refractivity contribution in [2.24, 2.45) is 0 Å². The van der Waals surface area contributed by atoms with Crippen molar-refractivity contribution in [2.75, 3.05) is 44.1 Å². The second-order valence-corrected chi connectivity index (χ2v) is 11.1. The summed E-state index contributed by atoms with van der Waals surface area (Å²) in [7, 11) is 2.20. The monoisotopic (exact) mass is 560 g/mol. The Morgan fingerprint density at radius 2 is 1.76 bits per heavy atom. The minimum absolute atomic E-state index is 0.0650. The molecule has 0 spiro atoms. The highest BCUT2D eigenvalue weighted by Crippen LogP contribution is 2.38.